The zero-order valence-corrected chi connectivity index (χ0v) is 11.9. The first-order chi connectivity index (χ1) is 8.22. The molecule has 0 amide bonds. The van der Waals surface area contributed by atoms with Gasteiger partial charge in [0.25, 0.3) is 0 Å². The van der Waals surface area contributed by atoms with Crippen molar-refractivity contribution in [1.29, 1.82) is 0 Å². The van der Waals surface area contributed by atoms with Gasteiger partial charge >= 0.3 is 0 Å². The normalized spacial score (nSPS) is 12.9. The Kier molecular flexibility index (Phi) is 4.55. The van der Waals surface area contributed by atoms with Crippen LogP contribution in [0.2, 0.25) is 0 Å². The molecule has 7 heteroatoms. The minimum absolute atomic E-state index is 0.140. The van der Waals surface area contributed by atoms with Crippen molar-refractivity contribution < 1.29 is 18.3 Å². The Balaban J connectivity index is 2.86. The second-order valence-electron chi connectivity index (χ2n) is 4.72. The predicted molar refractivity (Wildman–Crippen MR) is 67.6 cm³/mol. The minimum Gasteiger partial charge on any atom is -0.390 e. The Morgan fingerprint density at radius 3 is 2.56 bits per heavy atom. The summed E-state index contributed by atoms with van der Waals surface area (Å²) in [7, 11) is -0.365. The van der Waals surface area contributed by atoms with Crippen LogP contribution in [0.1, 0.15) is 19.5 Å². The molecule has 0 radical (unpaired) electrons. The Hall–Kier alpha value is -0.890. The maximum absolute atomic E-state index is 12.0. The molecule has 0 unspecified atom stereocenters. The number of sulfonamides is 1. The van der Waals surface area contributed by atoms with Gasteiger partial charge in [-0.3, -0.25) is 0 Å². The fourth-order valence-corrected chi connectivity index (χ4v) is 2.60. The molecule has 0 aliphatic heterocycles. The molecule has 18 heavy (non-hydrogen) atoms. The molecule has 1 aromatic heterocycles. The summed E-state index contributed by atoms with van der Waals surface area (Å²) in [5.41, 5.74) is -0.0249. The maximum Gasteiger partial charge on any atom is 0.242 e. The molecule has 104 valence electrons. The summed E-state index contributed by atoms with van der Waals surface area (Å²) in [6.07, 6.45) is 1.47. The molecular formula is C11H20N2O4S. The standard InChI is InChI=1S/C11H20N2O4S/c1-11(2,17-4)8-12-18(15,16)10-5-9(7-14)13(3)6-10/h5-6,12,14H,7-8H2,1-4H3. The molecular weight excluding hydrogens is 256 g/mol. The molecule has 0 aliphatic rings. The van der Waals surface area contributed by atoms with E-state index >= 15 is 0 Å². The van der Waals surface area contributed by atoms with Gasteiger partial charge in [-0.05, 0) is 19.9 Å². The van der Waals surface area contributed by atoms with E-state index in [1.807, 2.05) is 0 Å². The second kappa shape index (κ2) is 5.40. The van der Waals surface area contributed by atoms with Gasteiger partial charge in [0, 0.05) is 32.6 Å². The van der Waals surface area contributed by atoms with Crippen LogP contribution >= 0.6 is 0 Å². The third kappa shape index (κ3) is 3.55. The number of nitrogens with zero attached hydrogens (tertiary/aromatic N) is 1. The quantitative estimate of drug-likeness (QED) is 0.779. The van der Waals surface area contributed by atoms with Crippen LogP contribution in [0, 0.1) is 0 Å². The van der Waals surface area contributed by atoms with E-state index in [1.165, 1.54) is 19.4 Å². The number of methoxy groups -OCH3 is 1. The number of aryl methyl sites for hydroxylation is 1. The Bertz CT molecular complexity index is 505. The van der Waals surface area contributed by atoms with Gasteiger partial charge in [0.15, 0.2) is 0 Å². The van der Waals surface area contributed by atoms with Gasteiger partial charge < -0.3 is 14.4 Å². The lowest BCUT2D eigenvalue weighted by molar-refractivity contribution is 0.0276. The minimum atomic E-state index is -3.58. The predicted octanol–water partition coefficient (Wildman–Crippen LogP) is 0.221. The van der Waals surface area contributed by atoms with Crippen LogP contribution in [-0.2, 0) is 28.4 Å². The molecule has 0 bridgehead atoms. The first-order valence-electron chi connectivity index (χ1n) is 5.53. The van der Waals surface area contributed by atoms with Gasteiger partial charge in [-0.1, -0.05) is 0 Å². The zero-order valence-electron chi connectivity index (χ0n) is 11.1. The fraction of sp³-hybridized carbons (Fsp3) is 0.636. The highest BCUT2D eigenvalue weighted by Gasteiger charge is 2.23. The van der Waals surface area contributed by atoms with Crippen LogP contribution in [0.25, 0.3) is 0 Å². The van der Waals surface area contributed by atoms with Crippen molar-refractivity contribution in [3.8, 4) is 0 Å². The second-order valence-corrected chi connectivity index (χ2v) is 6.49. The van der Waals surface area contributed by atoms with Crippen LogP contribution < -0.4 is 4.72 Å². The third-order valence-corrected chi connectivity index (χ3v) is 4.16. The van der Waals surface area contributed by atoms with Crippen LogP contribution in [0.4, 0.5) is 0 Å². The summed E-state index contributed by atoms with van der Waals surface area (Å²) in [5.74, 6) is 0. The van der Waals surface area contributed by atoms with Gasteiger partial charge in [0.05, 0.1) is 17.1 Å². The average molecular weight is 276 g/mol. The molecule has 1 rings (SSSR count). The highest BCUT2D eigenvalue weighted by molar-refractivity contribution is 7.89. The lowest BCUT2D eigenvalue weighted by Gasteiger charge is -2.22. The summed E-state index contributed by atoms with van der Waals surface area (Å²) in [6, 6.07) is 1.45. The van der Waals surface area contributed by atoms with Crippen molar-refractivity contribution in [3.05, 3.63) is 18.0 Å². The molecule has 0 atom stereocenters. The first kappa shape index (κ1) is 15.2. The fourth-order valence-electron chi connectivity index (χ4n) is 1.31. The molecule has 0 saturated carbocycles. The van der Waals surface area contributed by atoms with Crippen molar-refractivity contribution in [3.63, 3.8) is 0 Å². The number of ether oxygens (including phenoxy) is 1. The van der Waals surface area contributed by atoms with Crippen LogP contribution in [-0.4, -0.2) is 37.3 Å². The molecule has 0 aliphatic carbocycles. The van der Waals surface area contributed by atoms with Gasteiger partial charge in [-0.2, -0.15) is 0 Å². The average Bonchev–Trinajstić information content (AvgIpc) is 2.69. The molecule has 2 N–H and O–H groups in total. The van der Waals surface area contributed by atoms with E-state index in [-0.39, 0.29) is 18.0 Å². The topological polar surface area (TPSA) is 80.6 Å². The number of rotatable bonds is 6. The Morgan fingerprint density at radius 1 is 1.50 bits per heavy atom. The number of nitrogens with one attached hydrogen (secondary N) is 1. The maximum atomic E-state index is 12.0. The number of hydrogen-bond donors (Lipinski definition) is 2. The lowest BCUT2D eigenvalue weighted by atomic mass is 10.1. The van der Waals surface area contributed by atoms with E-state index in [9.17, 15) is 8.42 Å². The molecule has 0 fully saturated rings. The number of aliphatic hydroxyl groups is 1. The van der Waals surface area contributed by atoms with Crippen molar-refractivity contribution in [1.82, 2.24) is 9.29 Å². The zero-order chi connectivity index (χ0) is 14.0. The lowest BCUT2D eigenvalue weighted by Crippen LogP contribution is -2.39. The largest absolute Gasteiger partial charge is 0.390 e. The van der Waals surface area contributed by atoms with Crippen LogP contribution in [0.3, 0.4) is 0 Å². The van der Waals surface area contributed by atoms with E-state index in [4.69, 9.17) is 9.84 Å². The molecule has 0 spiro atoms. The van der Waals surface area contributed by atoms with Crippen molar-refractivity contribution in [2.45, 2.75) is 31.0 Å². The van der Waals surface area contributed by atoms with E-state index in [0.717, 1.165) is 0 Å². The third-order valence-electron chi connectivity index (χ3n) is 2.80. The SMILES string of the molecule is COC(C)(C)CNS(=O)(=O)c1cc(CO)n(C)c1. The highest BCUT2D eigenvalue weighted by Crippen LogP contribution is 2.14. The van der Waals surface area contributed by atoms with E-state index in [2.05, 4.69) is 4.72 Å². The molecule has 1 heterocycles. The molecule has 1 aromatic rings. The van der Waals surface area contributed by atoms with Gasteiger partial charge in [0.1, 0.15) is 0 Å². The monoisotopic (exact) mass is 276 g/mol. The molecule has 0 aromatic carbocycles. The summed E-state index contributed by atoms with van der Waals surface area (Å²) in [4.78, 5) is 0.140. The molecule has 0 saturated heterocycles. The smallest absolute Gasteiger partial charge is 0.242 e. The number of aliphatic hydroxyl groups excluding tert-OH is 1. The van der Waals surface area contributed by atoms with Gasteiger partial charge in [-0.15, -0.1) is 0 Å². The van der Waals surface area contributed by atoms with Crippen LogP contribution in [0.15, 0.2) is 17.2 Å². The molecule has 6 nitrogen and oxygen atoms in total. The summed E-state index contributed by atoms with van der Waals surface area (Å²) < 4.78 is 33.2. The van der Waals surface area contributed by atoms with E-state index in [0.29, 0.717) is 5.69 Å². The summed E-state index contributed by atoms with van der Waals surface area (Å²) >= 11 is 0. The summed E-state index contributed by atoms with van der Waals surface area (Å²) in [5, 5.41) is 9.04. The summed E-state index contributed by atoms with van der Waals surface area (Å²) in [6.45, 7) is 3.56. The Morgan fingerprint density at radius 2 is 2.11 bits per heavy atom. The van der Waals surface area contributed by atoms with Gasteiger partial charge in [-0.25, -0.2) is 13.1 Å². The highest BCUT2D eigenvalue weighted by atomic mass is 32.2. The van der Waals surface area contributed by atoms with Crippen LogP contribution in [0.5, 0.6) is 0 Å². The Labute approximate surface area is 108 Å². The van der Waals surface area contributed by atoms with Crippen molar-refractivity contribution in [2.24, 2.45) is 7.05 Å². The number of hydrogen-bond acceptors (Lipinski definition) is 4. The van der Waals surface area contributed by atoms with Crippen molar-refractivity contribution in [2.75, 3.05) is 13.7 Å². The van der Waals surface area contributed by atoms with E-state index < -0.39 is 15.6 Å². The number of aromatic nitrogens is 1. The van der Waals surface area contributed by atoms with E-state index in [1.54, 1.807) is 25.5 Å². The van der Waals surface area contributed by atoms with Gasteiger partial charge in [0.2, 0.25) is 10.0 Å². The first-order valence-corrected chi connectivity index (χ1v) is 7.01. The van der Waals surface area contributed by atoms with Crippen molar-refractivity contribution >= 4 is 10.0 Å².